The lowest BCUT2D eigenvalue weighted by atomic mass is 9.98. The molecule has 3 heteroatoms. The quantitative estimate of drug-likeness (QED) is 0.424. The summed E-state index contributed by atoms with van der Waals surface area (Å²) in [6.07, 6.45) is 6.53. The van der Waals surface area contributed by atoms with Gasteiger partial charge in [0.15, 0.2) is 0 Å². The van der Waals surface area contributed by atoms with Crippen molar-refractivity contribution in [2.24, 2.45) is 0 Å². The van der Waals surface area contributed by atoms with Crippen LogP contribution < -0.4 is 0 Å². The van der Waals surface area contributed by atoms with E-state index in [1.165, 1.54) is 19.3 Å². The van der Waals surface area contributed by atoms with Crippen molar-refractivity contribution >= 4 is 8.32 Å². The van der Waals surface area contributed by atoms with Crippen molar-refractivity contribution in [3.63, 3.8) is 0 Å². The van der Waals surface area contributed by atoms with E-state index in [0.717, 1.165) is 12.8 Å². The average molecular weight is 299 g/mol. The van der Waals surface area contributed by atoms with Crippen LogP contribution in [0.25, 0.3) is 0 Å². The third-order valence-electron chi connectivity index (χ3n) is 4.85. The summed E-state index contributed by atoms with van der Waals surface area (Å²) in [6.45, 7) is 17.8. The van der Waals surface area contributed by atoms with Crippen LogP contribution in [0.3, 0.4) is 0 Å². The van der Waals surface area contributed by atoms with E-state index in [1.54, 1.807) is 0 Å². The molecular weight excluding hydrogens is 264 g/mol. The van der Waals surface area contributed by atoms with Crippen LogP contribution in [0.4, 0.5) is 0 Å². The minimum atomic E-state index is -1.90. The zero-order valence-corrected chi connectivity index (χ0v) is 15.4. The molecule has 1 aliphatic rings. The van der Waals surface area contributed by atoms with Gasteiger partial charge in [0.1, 0.15) is 6.10 Å². The van der Waals surface area contributed by atoms with Gasteiger partial charge in [-0.3, -0.25) is 0 Å². The maximum absolute atomic E-state index is 6.45. The highest BCUT2D eigenvalue weighted by atomic mass is 28.4. The molecule has 20 heavy (non-hydrogen) atoms. The number of ether oxygens (including phenoxy) is 1. The molecule has 0 aliphatic heterocycles. The normalized spacial score (nSPS) is 17.9. The molecule has 0 radical (unpaired) electrons. The van der Waals surface area contributed by atoms with Gasteiger partial charge in [-0.1, -0.05) is 48.0 Å². The molecule has 0 amide bonds. The van der Waals surface area contributed by atoms with E-state index in [1.807, 2.05) is 0 Å². The van der Waals surface area contributed by atoms with Gasteiger partial charge in [-0.15, -0.1) is 0 Å². The monoisotopic (exact) mass is 298 g/mol. The van der Waals surface area contributed by atoms with E-state index >= 15 is 0 Å². The second-order valence-corrected chi connectivity index (χ2v) is 12.5. The maximum atomic E-state index is 6.45. The Labute approximate surface area is 127 Å². The van der Waals surface area contributed by atoms with Gasteiger partial charge in [0, 0.05) is 0 Å². The van der Waals surface area contributed by atoms with Crippen LogP contribution in [0.5, 0.6) is 0 Å². The van der Waals surface area contributed by atoms with E-state index in [2.05, 4.69) is 48.1 Å². The van der Waals surface area contributed by atoms with Gasteiger partial charge >= 0.3 is 0 Å². The van der Waals surface area contributed by atoms with Gasteiger partial charge < -0.3 is 9.16 Å². The van der Waals surface area contributed by atoms with Gasteiger partial charge in [-0.05, 0) is 48.9 Å². The van der Waals surface area contributed by atoms with Crippen LogP contribution in [0.2, 0.25) is 16.6 Å². The summed E-state index contributed by atoms with van der Waals surface area (Å²) in [6, 6.07) is 0. The number of rotatable bonds is 7. The van der Waals surface area contributed by atoms with Crippen molar-refractivity contribution in [3.05, 3.63) is 12.5 Å². The molecule has 1 rings (SSSR count). The summed E-state index contributed by atoms with van der Waals surface area (Å²) in [5, 5.41) is 0. The second-order valence-electron chi connectivity index (χ2n) is 7.17. The molecule has 1 aliphatic carbocycles. The van der Waals surface area contributed by atoms with Gasteiger partial charge in [0.25, 0.3) is 14.3 Å². The highest BCUT2D eigenvalue weighted by molar-refractivity contribution is 6.77. The van der Waals surface area contributed by atoms with Crippen LogP contribution in [-0.4, -0.2) is 14.4 Å². The molecule has 0 unspecified atom stereocenters. The fraction of sp³-hybridized carbons (Fsp3) is 0.882. The van der Waals surface area contributed by atoms with Gasteiger partial charge in [-0.2, -0.15) is 0 Å². The summed E-state index contributed by atoms with van der Waals surface area (Å²) in [7, 11) is -1.90. The highest BCUT2D eigenvalue weighted by Gasteiger charge is 2.47. The molecule has 0 atom stereocenters. The Bertz CT molecular complexity index is 282. The lowest BCUT2D eigenvalue weighted by Crippen LogP contribution is -2.47. The molecular formula is C17H34O2Si. The molecule has 2 nitrogen and oxygen atoms in total. The van der Waals surface area contributed by atoms with Crippen molar-refractivity contribution in [3.8, 4) is 0 Å². The molecule has 118 valence electrons. The summed E-state index contributed by atoms with van der Waals surface area (Å²) < 4.78 is 12.5. The first-order valence-corrected chi connectivity index (χ1v) is 10.5. The standard InChI is InChI=1S/C17H34O2Si/c1-13(2)20(14(3)4,15(5)6)19-16(7)18-17-11-9-8-10-12-17/h13-15,17H,7-12H2,1-6H3. The van der Waals surface area contributed by atoms with Crippen LogP contribution >= 0.6 is 0 Å². The van der Waals surface area contributed by atoms with E-state index < -0.39 is 8.32 Å². The Hall–Kier alpha value is -0.443. The van der Waals surface area contributed by atoms with Crippen molar-refractivity contribution in [1.82, 2.24) is 0 Å². The molecule has 0 heterocycles. The van der Waals surface area contributed by atoms with E-state index in [9.17, 15) is 0 Å². The third kappa shape index (κ3) is 4.03. The van der Waals surface area contributed by atoms with Gasteiger partial charge in [-0.25, -0.2) is 0 Å². The predicted molar refractivity (Wildman–Crippen MR) is 89.2 cm³/mol. The molecule has 0 spiro atoms. The largest absolute Gasteiger partial charge is 0.518 e. The van der Waals surface area contributed by atoms with Crippen molar-refractivity contribution in [2.75, 3.05) is 0 Å². The minimum absolute atomic E-state index is 0.328. The summed E-state index contributed by atoms with van der Waals surface area (Å²) in [4.78, 5) is 0. The number of hydrogen-bond donors (Lipinski definition) is 0. The Morgan fingerprint density at radius 2 is 1.35 bits per heavy atom. The Kier molecular flexibility index (Phi) is 6.63. The van der Waals surface area contributed by atoms with Crippen LogP contribution in [0, 0.1) is 0 Å². The predicted octanol–water partition coefficient (Wildman–Crippen LogP) is 6.00. The van der Waals surface area contributed by atoms with Crippen molar-refractivity contribution < 1.29 is 9.16 Å². The average Bonchev–Trinajstić information content (AvgIpc) is 2.35. The maximum Gasteiger partial charge on any atom is 0.262 e. The van der Waals surface area contributed by atoms with E-state index in [0.29, 0.717) is 28.7 Å². The zero-order chi connectivity index (χ0) is 15.3. The van der Waals surface area contributed by atoms with E-state index in [4.69, 9.17) is 9.16 Å². The molecule has 1 saturated carbocycles. The molecule has 1 fully saturated rings. The number of hydrogen-bond acceptors (Lipinski definition) is 2. The molecule has 0 saturated heterocycles. The Morgan fingerprint density at radius 3 is 1.75 bits per heavy atom. The molecule has 0 aromatic carbocycles. The molecule has 0 bridgehead atoms. The first-order valence-electron chi connectivity index (χ1n) is 8.35. The lowest BCUT2D eigenvalue weighted by Gasteiger charge is -2.42. The Morgan fingerprint density at radius 1 is 0.900 bits per heavy atom. The Balaban J connectivity index is 2.71. The van der Waals surface area contributed by atoms with Crippen molar-refractivity contribution in [1.29, 1.82) is 0 Å². The second kappa shape index (κ2) is 7.53. The minimum Gasteiger partial charge on any atom is -0.518 e. The zero-order valence-electron chi connectivity index (χ0n) is 14.4. The molecule has 0 aromatic heterocycles. The van der Waals surface area contributed by atoms with Crippen LogP contribution in [0.1, 0.15) is 73.6 Å². The van der Waals surface area contributed by atoms with Crippen LogP contribution in [-0.2, 0) is 9.16 Å². The first kappa shape index (κ1) is 17.6. The lowest BCUT2D eigenvalue weighted by molar-refractivity contribution is 0.0171. The van der Waals surface area contributed by atoms with Gasteiger partial charge in [0.2, 0.25) is 0 Å². The first-order chi connectivity index (χ1) is 9.30. The highest BCUT2D eigenvalue weighted by Crippen LogP contribution is 2.43. The summed E-state index contributed by atoms with van der Waals surface area (Å²) in [5.41, 5.74) is 1.69. The summed E-state index contributed by atoms with van der Waals surface area (Å²) in [5.74, 6) is 0.583. The van der Waals surface area contributed by atoms with Crippen molar-refractivity contribution in [2.45, 2.75) is 96.4 Å². The molecule has 0 N–H and O–H groups in total. The van der Waals surface area contributed by atoms with Gasteiger partial charge in [0.05, 0.1) is 0 Å². The van der Waals surface area contributed by atoms with Crippen LogP contribution in [0.15, 0.2) is 12.5 Å². The smallest absolute Gasteiger partial charge is 0.262 e. The topological polar surface area (TPSA) is 18.5 Å². The SMILES string of the molecule is C=C(OC1CCCCC1)O[Si](C(C)C)(C(C)C)C(C)C. The van der Waals surface area contributed by atoms with E-state index in [-0.39, 0.29) is 0 Å². The fourth-order valence-electron chi connectivity index (χ4n) is 3.94. The third-order valence-corrected chi connectivity index (χ3v) is 10.8. The fourth-order valence-corrected chi connectivity index (χ4v) is 9.09. The molecule has 0 aromatic rings. The summed E-state index contributed by atoms with van der Waals surface area (Å²) >= 11 is 0.